The Bertz CT molecular complexity index is 785. The Morgan fingerprint density at radius 3 is 2.71 bits per heavy atom. The molecule has 1 aliphatic heterocycles. The zero-order chi connectivity index (χ0) is 17.8. The zero-order valence-electron chi connectivity index (χ0n) is 13.0. The molecule has 1 fully saturated rings. The smallest absolute Gasteiger partial charge is 0.336 e. The largest absolute Gasteiger partial charge is 0.389 e. The molecule has 2 atom stereocenters. The van der Waals surface area contributed by atoms with Crippen molar-refractivity contribution in [3.05, 3.63) is 42.0 Å². The molecule has 1 aliphatic rings. The monoisotopic (exact) mass is 377 g/mol. The van der Waals surface area contributed by atoms with Gasteiger partial charge in [-0.1, -0.05) is 29.8 Å². The summed E-state index contributed by atoms with van der Waals surface area (Å²) in [6, 6.07) is 5.46. The van der Waals surface area contributed by atoms with Crippen LogP contribution in [0.5, 0.6) is 0 Å². The lowest BCUT2D eigenvalue weighted by Gasteiger charge is -2.25. The Morgan fingerprint density at radius 1 is 1.38 bits per heavy atom. The van der Waals surface area contributed by atoms with Crippen molar-refractivity contribution in [2.75, 3.05) is 13.2 Å². The summed E-state index contributed by atoms with van der Waals surface area (Å²) < 4.78 is 57.8. The van der Waals surface area contributed by atoms with E-state index in [-0.39, 0.29) is 24.5 Å². The molecule has 2 N–H and O–H groups in total. The number of aliphatic hydroxyl groups excluding tert-OH is 1. The van der Waals surface area contributed by atoms with Gasteiger partial charge in [0.25, 0.3) is 10.1 Å². The standard InChI is InChI=1S/C14H19NO7S2/c1-11-5-7-12(8-6-11)23(17,18)21-9-3-2-4-13-14(16)10-22-24(19,20)15-13/h2,4-8,13-16H,3,9-10H2,1H3/b4-2-/t13-,14-/m1/s1. The Kier molecular flexibility index (Phi) is 6.12. The Balaban J connectivity index is 1.84. The molecule has 24 heavy (non-hydrogen) atoms. The van der Waals surface area contributed by atoms with Gasteiger partial charge in [-0.2, -0.15) is 21.6 Å². The number of benzene rings is 1. The summed E-state index contributed by atoms with van der Waals surface area (Å²) in [7, 11) is -7.69. The van der Waals surface area contributed by atoms with Crippen LogP contribution in [-0.2, 0) is 28.8 Å². The zero-order valence-corrected chi connectivity index (χ0v) is 14.6. The molecule has 1 heterocycles. The van der Waals surface area contributed by atoms with Crippen molar-refractivity contribution in [2.45, 2.75) is 30.4 Å². The predicted molar refractivity (Wildman–Crippen MR) is 85.9 cm³/mol. The molecule has 134 valence electrons. The Morgan fingerprint density at radius 2 is 2.04 bits per heavy atom. The van der Waals surface area contributed by atoms with E-state index >= 15 is 0 Å². The van der Waals surface area contributed by atoms with Crippen LogP contribution < -0.4 is 4.72 Å². The molecule has 10 heteroatoms. The first-order chi connectivity index (χ1) is 11.2. The quantitative estimate of drug-likeness (QED) is 0.414. The molecule has 0 bridgehead atoms. The van der Waals surface area contributed by atoms with Crippen molar-refractivity contribution in [2.24, 2.45) is 0 Å². The van der Waals surface area contributed by atoms with Crippen LogP contribution >= 0.6 is 0 Å². The van der Waals surface area contributed by atoms with Crippen LogP contribution in [0.1, 0.15) is 12.0 Å². The predicted octanol–water partition coefficient (Wildman–Crippen LogP) is 0.241. The maximum absolute atomic E-state index is 12.0. The first kappa shape index (κ1) is 19.0. The van der Waals surface area contributed by atoms with Crippen molar-refractivity contribution >= 4 is 20.4 Å². The molecule has 0 aromatic heterocycles. The number of aryl methyl sites for hydroxylation is 1. The lowest BCUT2D eigenvalue weighted by molar-refractivity contribution is 0.0763. The maximum atomic E-state index is 12.0. The summed E-state index contributed by atoms with van der Waals surface area (Å²) in [5.74, 6) is 0. The van der Waals surface area contributed by atoms with E-state index in [1.165, 1.54) is 24.3 Å². The van der Waals surface area contributed by atoms with Crippen LogP contribution in [0.25, 0.3) is 0 Å². The molecular formula is C14H19NO7S2. The third-order valence-corrected chi connectivity index (χ3v) is 5.60. The van der Waals surface area contributed by atoms with Crippen LogP contribution in [-0.4, -0.2) is 47.3 Å². The highest BCUT2D eigenvalue weighted by atomic mass is 32.2. The number of rotatable bonds is 6. The fourth-order valence-electron chi connectivity index (χ4n) is 1.95. The molecule has 0 spiro atoms. The van der Waals surface area contributed by atoms with Gasteiger partial charge in [0.2, 0.25) is 0 Å². The molecule has 8 nitrogen and oxygen atoms in total. The molecule has 1 saturated heterocycles. The number of hydrogen-bond donors (Lipinski definition) is 2. The normalized spacial score (nSPS) is 24.2. The van der Waals surface area contributed by atoms with Crippen LogP contribution in [0.2, 0.25) is 0 Å². The van der Waals surface area contributed by atoms with Gasteiger partial charge in [0, 0.05) is 0 Å². The number of aliphatic hydroxyl groups is 1. The lowest BCUT2D eigenvalue weighted by Crippen LogP contribution is -2.50. The highest BCUT2D eigenvalue weighted by Crippen LogP contribution is 2.14. The summed E-state index contributed by atoms with van der Waals surface area (Å²) >= 11 is 0. The van der Waals surface area contributed by atoms with E-state index in [2.05, 4.69) is 8.91 Å². The maximum Gasteiger partial charge on any atom is 0.336 e. The van der Waals surface area contributed by atoms with E-state index < -0.39 is 32.6 Å². The average molecular weight is 377 g/mol. The van der Waals surface area contributed by atoms with Crippen LogP contribution in [0.4, 0.5) is 0 Å². The number of nitrogens with one attached hydrogen (secondary N) is 1. The van der Waals surface area contributed by atoms with Gasteiger partial charge in [0.05, 0.1) is 30.3 Å². The lowest BCUT2D eigenvalue weighted by atomic mass is 10.1. The van der Waals surface area contributed by atoms with Gasteiger partial charge < -0.3 is 5.11 Å². The molecule has 1 aromatic carbocycles. The summed E-state index contributed by atoms with van der Waals surface area (Å²) in [4.78, 5) is 0.0738. The van der Waals surface area contributed by atoms with E-state index in [0.717, 1.165) is 5.56 Å². The Labute approximate surface area is 141 Å². The van der Waals surface area contributed by atoms with Gasteiger partial charge in [-0.15, -0.1) is 0 Å². The van der Waals surface area contributed by atoms with Crippen molar-refractivity contribution in [1.82, 2.24) is 4.72 Å². The van der Waals surface area contributed by atoms with E-state index in [0.29, 0.717) is 0 Å². The molecule has 0 unspecified atom stereocenters. The minimum Gasteiger partial charge on any atom is -0.389 e. The second-order valence-electron chi connectivity index (χ2n) is 5.26. The first-order valence-corrected chi connectivity index (χ1v) is 9.99. The highest BCUT2D eigenvalue weighted by molar-refractivity contribution is 7.86. The van der Waals surface area contributed by atoms with Gasteiger partial charge >= 0.3 is 10.3 Å². The van der Waals surface area contributed by atoms with Crippen molar-refractivity contribution in [3.63, 3.8) is 0 Å². The molecule has 0 amide bonds. The summed E-state index contributed by atoms with van der Waals surface area (Å²) in [5, 5.41) is 9.63. The molecule has 0 aliphatic carbocycles. The van der Waals surface area contributed by atoms with E-state index in [1.54, 1.807) is 12.1 Å². The van der Waals surface area contributed by atoms with Crippen molar-refractivity contribution in [3.8, 4) is 0 Å². The van der Waals surface area contributed by atoms with E-state index in [1.807, 2.05) is 6.92 Å². The molecule has 2 rings (SSSR count). The third kappa shape index (κ3) is 5.36. The molecule has 0 saturated carbocycles. The van der Waals surface area contributed by atoms with Gasteiger partial charge in [0.15, 0.2) is 0 Å². The fraction of sp³-hybridized carbons (Fsp3) is 0.429. The topological polar surface area (TPSA) is 119 Å². The fourth-order valence-corrected chi connectivity index (χ4v) is 3.83. The SMILES string of the molecule is Cc1ccc(S(=O)(=O)OCC/C=C\[C@H]2NS(=O)(=O)OC[C@H]2O)cc1. The van der Waals surface area contributed by atoms with Gasteiger partial charge in [-0.3, -0.25) is 8.37 Å². The van der Waals surface area contributed by atoms with Crippen LogP contribution in [0.15, 0.2) is 41.3 Å². The minimum atomic E-state index is -3.86. The first-order valence-electron chi connectivity index (χ1n) is 7.17. The van der Waals surface area contributed by atoms with Crippen molar-refractivity contribution in [1.29, 1.82) is 0 Å². The summed E-state index contributed by atoms with van der Waals surface area (Å²) in [6.07, 6.45) is 2.19. The second kappa shape index (κ2) is 7.72. The van der Waals surface area contributed by atoms with Crippen LogP contribution in [0, 0.1) is 6.92 Å². The number of hydrogen-bond acceptors (Lipinski definition) is 7. The van der Waals surface area contributed by atoms with Gasteiger partial charge in [-0.05, 0) is 25.5 Å². The van der Waals surface area contributed by atoms with Crippen molar-refractivity contribution < 1.29 is 30.3 Å². The van der Waals surface area contributed by atoms with E-state index in [4.69, 9.17) is 4.18 Å². The molecular weight excluding hydrogens is 358 g/mol. The van der Waals surface area contributed by atoms with E-state index in [9.17, 15) is 21.9 Å². The molecule has 1 aromatic rings. The Hall–Kier alpha value is -1.30. The third-order valence-electron chi connectivity index (χ3n) is 3.26. The summed E-state index contributed by atoms with van der Waals surface area (Å²) in [5.41, 5.74) is 0.939. The average Bonchev–Trinajstić information content (AvgIpc) is 2.50. The highest BCUT2D eigenvalue weighted by Gasteiger charge is 2.29. The van der Waals surface area contributed by atoms with Gasteiger partial charge in [-0.25, -0.2) is 0 Å². The minimum absolute atomic E-state index is 0.0738. The molecule has 0 radical (unpaired) electrons. The van der Waals surface area contributed by atoms with Gasteiger partial charge in [0.1, 0.15) is 0 Å². The summed E-state index contributed by atoms with van der Waals surface area (Å²) in [6.45, 7) is 1.42. The van der Waals surface area contributed by atoms with Crippen LogP contribution in [0.3, 0.4) is 0 Å². The second-order valence-corrected chi connectivity index (χ2v) is 8.25.